The summed E-state index contributed by atoms with van der Waals surface area (Å²) in [6.07, 6.45) is 5.12. The molecule has 0 bridgehead atoms. The summed E-state index contributed by atoms with van der Waals surface area (Å²) in [6, 6.07) is 0. The van der Waals surface area contributed by atoms with Gasteiger partial charge >= 0.3 is 0 Å². The van der Waals surface area contributed by atoms with Crippen LogP contribution in [-0.4, -0.2) is 71.7 Å². The monoisotopic (exact) mass is 364 g/mol. The van der Waals surface area contributed by atoms with Gasteiger partial charge in [0, 0.05) is 47.0 Å². The summed E-state index contributed by atoms with van der Waals surface area (Å²) in [5.74, 6) is 2.64. The van der Waals surface area contributed by atoms with E-state index in [0.29, 0.717) is 19.2 Å². The van der Waals surface area contributed by atoms with Crippen molar-refractivity contribution < 1.29 is 9.47 Å². The minimum Gasteiger partial charge on any atom is -0.385 e. The number of ether oxygens (including phenoxy) is 2. The standard InChI is InChI=1S/C18H32N6O2/c1-5-9-19-18(20-14-17-22-21-15(2)23(17)3)24-10-7-16(8-11-24)26-13-6-12-25-4/h5,16H,1,6-14H2,2-4H3,(H,19,20). The number of piperidine rings is 1. The molecule has 146 valence electrons. The number of aryl methyl sites for hydroxylation is 1. The van der Waals surface area contributed by atoms with Crippen molar-refractivity contribution in [1.29, 1.82) is 0 Å². The van der Waals surface area contributed by atoms with Crippen LogP contribution in [0.1, 0.15) is 30.9 Å². The molecule has 2 heterocycles. The summed E-state index contributed by atoms with van der Waals surface area (Å²) in [4.78, 5) is 7.02. The van der Waals surface area contributed by atoms with E-state index in [0.717, 1.165) is 63.2 Å². The molecule has 0 amide bonds. The summed E-state index contributed by atoms with van der Waals surface area (Å²) >= 11 is 0. The second-order valence-corrected chi connectivity index (χ2v) is 6.44. The Balaban J connectivity index is 1.88. The van der Waals surface area contributed by atoms with Gasteiger partial charge in [-0.05, 0) is 26.2 Å². The highest BCUT2D eigenvalue weighted by Crippen LogP contribution is 2.14. The molecule has 1 aromatic heterocycles. The SMILES string of the molecule is C=CCNC(=NCc1nnc(C)n1C)N1CCC(OCCCOC)CC1. The first-order valence-electron chi connectivity index (χ1n) is 9.25. The molecule has 0 atom stereocenters. The smallest absolute Gasteiger partial charge is 0.194 e. The van der Waals surface area contributed by atoms with E-state index in [9.17, 15) is 0 Å². The molecule has 0 radical (unpaired) electrons. The van der Waals surface area contributed by atoms with Crippen molar-refractivity contribution in [3.05, 3.63) is 24.3 Å². The topological polar surface area (TPSA) is 76.8 Å². The van der Waals surface area contributed by atoms with Crippen LogP contribution in [0.3, 0.4) is 0 Å². The van der Waals surface area contributed by atoms with Crippen molar-refractivity contribution in [2.24, 2.45) is 12.0 Å². The maximum atomic E-state index is 5.94. The number of hydrogen-bond acceptors (Lipinski definition) is 5. The fourth-order valence-electron chi connectivity index (χ4n) is 2.85. The van der Waals surface area contributed by atoms with E-state index in [-0.39, 0.29) is 0 Å². The van der Waals surface area contributed by atoms with Gasteiger partial charge in [0.1, 0.15) is 12.4 Å². The molecule has 0 saturated carbocycles. The Morgan fingerprint density at radius 2 is 2.12 bits per heavy atom. The number of rotatable bonds is 9. The molecule has 0 aromatic carbocycles. The lowest BCUT2D eigenvalue weighted by Gasteiger charge is -2.34. The van der Waals surface area contributed by atoms with Crippen LogP contribution in [0.15, 0.2) is 17.6 Å². The molecule has 8 nitrogen and oxygen atoms in total. The zero-order valence-corrected chi connectivity index (χ0v) is 16.3. The molecular formula is C18H32N6O2. The number of aromatic nitrogens is 3. The van der Waals surface area contributed by atoms with E-state index < -0.39 is 0 Å². The van der Waals surface area contributed by atoms with Crippen LogP contribution in [0.2, 0.25) is 0 Å². The van der Waals surface area contributed by atoms with Gasteiger partial charge < -0.3 is 24.3 Å². The molecule has 0 spiro atoms. The summed E-state index contributed by atoms with van der Waals surface area (Å²) in [5, 5.41) is 11.6. The van der Waals surface area contributed by atoms with Crippen LogP contribution in [0.4, 0.5) is 0 Å². The van der Waals surface area contributed by atoms with Crippen molar-refractivity contribution in [3.8, 4) is 0 Å². The molecule has 1 aliphatic heterocycles. The summed E-state index contributed by atoms with van der Waals surface area (Å²) < 4.78 is 13.0. The lowest BCUT2D eigenvalue weighted by atomic mass is 10.1. The quantitative estimate of drug-likeness (QED) is 0.308. The maximum absolute atomic E-state index is 5.94. The predicted octanol–water partition coefficient (Wildman–Crippen LogP) is 1.27. The largest absolute Gasteiger partial charge is 0.385 e. The Bertz CT molecular complexity index is 578. The molecule has 0 aliphatic carbocycles. The highest BCUT2D eigenvalue weighted by Gasteiger charge is 2.22. The molecule has 1 aliphatic rings. The van der Waals surface area contributed by atoms with Gasteiger partial charge in [0.15, 0.2) is 11.8 Å². The molecule has 1 aromatic rings. The van der Waals surface area contributed by atoms with E-state index in [2.05, 4.69) is 27.0 Å². The first-order chi connectivity index (χ1) is 12.7. The Labute approximate surface area is 156 Å². The number of methoxy groups -OCH3 is 1. The molecule has 0 unspecified atom stereocenters. The maximum Gasteiger partial charge on any atom is 0.194 e. The highest BCUT2D eigenvalue weighted by molar-refractivity contribution is 5.80. The molecule has 1 saturated heterocycles. The number of nitrogens with one attached hydrogen (secondary N) is 1. The summed E-state index contributed by atoms with van der Waals surface area (Å²) in [7, 11) is 3.68. The van der Waals surface area contributed by atoms with Crippen molar-refractivity contribution in [2.75, 3.05) is 40.0 Å². The van der Waals surface area contributed by atoms with Crippen LogP contribution >= 0.6 is 0 Å². The van der Waals surface area contributed by atoms with E-state index in [1.807, 2.05) is 24.6 Å². The second-order valence-electron chi connectivity index (χ2n) is 6.44. The Morgan fingerprint density at radius 3 is 2.73 bits per heavy atom. The first-order valence-corrected chi connectivity index (χ1v) is 9.25. The van der Waals surface area contributed by atoms with E-state index in [4.69, 9.17) is 14.5 Å². The first kappa shape index (κ1) is 20.4. The van der Waals surface area contributed by atoms with Gasteiger partial charge in [0.05, 0.1) is 6.10 Å². The molecular weight excluding hydrogens is 332 g/mol. The Morgan fingerprint density at radius 1 is 1.35 bits per heavy atom. The predicted molar refractivity (Wildman–Crippen MR) is 102 cm³/mol. The lowest BCUT2D eigenvalue weighted by molar-refractivity contribution is 0.00991. The fraction of sp³-hybridized carbons (Fsp3) is 0.722. The van der Waals surface area contributed by atoms with E-state index in [1.165, 1.54) is 0 Å². The van der Waals surface area contributed by atoms with Crippen molar-refractivity contribution >= 4 is 5.96 Å². The van der Waals surface area contributed by atoms with Gasteiger partial charge in [-0.15, -0.1) is 16.8 Å². The van der Waals surface area contributed by atoms with Crippen molar-refractivity contribution in [2.45, 2.75) is 38.8 Å². The fourth-order valence-corrected chi connectivity index (χ4v) is 2.85. The minimum atomic E-state index is 0.324. The van der Waals surface area contributed by atoms with Gasteiger partial charge in [-0.3, -0.25) is 0 Å². The third kappa shape index (κ3) is 6.10. The number of guanidine groups is 1. The van der Waals surface area contributed by atoms with Crippen LogP contribution in [-0.2, 0) is 23.1 Å². The van der Waals surface area contributed by atoms with E-state index in [1.54, 1.807) is 7.11 Å². The van der Waals surface area contributed by atoms with Crippen molar-refractivity contribution in [1.82, 2.24) is 25.0 Å². The second kappa shape index (κ2) is 10.9. The third-order valence-corrected chi connectivity index (χ3v) is 4.55. The van der Waals surface area contributed by atoms with Crippen LogP contribution in [0.5, 0.6) is 0 Å². The number of hydrogen-bond donors (Lipinski definition) is 1. The Kier molecular flexibility index (Phi) is 8.57. The molecule has 8 heteroatoms. The Hall–Kier alpha value is -1.93. The van der Waals surface area contributed by atoms with Gasteiger partial charge in [-0.25, -0.2) is 4.99 Å². The van der Waals surface area contributed by atoms with Crippen LogP contribution < -0.4 is 5.32 Å². The van der Waals surface area contributed by atoms with E-state index >= 15 is 0 Å². The average molecular weight is 364 g/mol. The van der Waals surface area contributed by atoms with Crippen LogP contribution in [0.25, 0.3) is 0 Å². The normalized spacial score (nSPS) is 16.1. The lowest BCUT2D eigenvalue weighted by Crippen LogP contribution is -2.47. The molecule has 2 rings (SSSR count). The number of aliphatic imine (C=N–C) groups is 1. The summed E-state index contributed by atoms with van der Waals surface area (Å²) in [6.45, 7) is 10.3. The zero-order valence-electron chi connectivity index (χ0n) is 16.3. The van der Waals surface area contributed by atoms with Gasteiger partial charge in [0.2, 0.25) is 0 Å². The number of nitrogens with zero attached hydrogens (tertiary/aromatic N) is 5. The highest BCUT2D eigenvalue weighted by atomic mass is 16.5. The third-order valence-electron chi connectivity index (χ3n) is 4.55. The van der Waals surface area contributed by atoms with Gasteiger partial charge in [-0.2, -0.15) is 0 Å². The number of likely N-dealkylation sites (tertiary alicyclic amines) is 1. The average Bonchev–Trinajstić information content (AvgIpc) is 2.98. The van der Waals surface area contributed by atoms with Crippen molar-refractivity contribution in [3.63, 3.8) is 0 Å². The molecule has 26 heavy (non-hydrogen) atoms. The van der Waals surface area contributed by atoms with Crippen LogP contribution in [0, 0.1) is 6.92 Å². The molecule has 1 N–H and O–H groups in total. The van der Waals surface area contributed by atoms with Gasteiger partial charge in [0.25, 0.3) is 0 Å². The zero-order chi connectivity index (χ0) is 18.8. The van der Waals surface area contributed by atoms with Gasteiger partial charge in [-0.1, -0.05) is 6.08 Å². The molecule has 1 fully saturated rings. The minimum absolute atomic E-state index is 0.324. The summed E-state index contributed by atoms with van der Waals surface area (Å²) in [5.41, 5.74) is 0.